The molecule has 19 heavy (non-hydrogen) atoms. The van der Waals surface area contributed by atoms with Gasteiger partial charge in [0, 0.05) is 5.92 Å². The van der Waals surface area contributed by atoms with Gasteiger partial charge in [0.05, 0.1) is 5.54 Å². The number of carbonyl (C=O) groups is 1. The van der Waals surface area contributed by atoms with Gasteiger partial charge in [0.15, 0.2) is 11.5 Å². The highest BCUT2D eigenvalue weighted by atomic mass is 16.7. The van der Waals surface area contributed by atoms with Crippen molar-refractivity contribution >= 4 is 5.91 Å². The minimum Gasteiger partial charge on any atom is -0.454 e. The maximum atomic E-state index is 12.0. The summed E-state index contributed by atoms with van der Waals surface area (Å²) in [6, 6.07) is 5.78. The van der Waals surface area contributed by atoms with Crippen molar-refractivity contribution in [3.05, 3.63) is 23.8 Å². The fourth-order valence-electron chi connectivity index (χ4n) is 1.97. The highest BCUT2D eigenvalue weighted by Gasteiger charge is 2.26. The van der Waals surface area contributed by atoms with Crippen LogP contribution in [0.3, 0.4) is 0 Å². The second-order valence-electron chi connectivity index (χ2n) is 5.49. The monoisotopic (exact) mass is 263 g/mol. The molecule has 4 nitrogen and oxygen atoms in total. The third-order valence-corrected chi connectivity index (χ3v) is 3.59. The Labute approximate surface area is 114 Å². The Morgan fingerprint density at radius 2 is 2.05 bits per heavy atom. The van der Waals surface area contributed by atoms with Gasteiger partial charge >= 0.3 is 0 Å². The number of benzene rings is 1. The van der Waals surface area contributed by atoms with E-state index in [1.165, 1.54) is 0 Å². The van der Waals surface area contributed by atoms with Crippen molar-refractivity contribution in [3.63, 3.8) is 0 Å². The summed E-state index contributed by atoms with van der Waals surface area (Å²) in [5, 5.41) is 3.08. The zero-order chi connectivity index (χ0) is 14.0. The van der Waals surface area contributed by atoms with Gasteiger partial charge in [-0.3, -0.25) is 4.79 Å². The molecule has 0 spiro atoms. The second kappa shape index (κ2) is 5.11. The molecule has 1 amide bonds. The van der Waals surface area contributed by atoms with Crippen molar-refractivity contribution in [2.24, 2.45) is 5.92 Å². The molecular weight excluding hydrogens is 242 g/mol. The fourth-order valence-corrected chi connectivity index (χ4v) is 1.97. The standard InChI is InChI=1S/C15H21NO3/c1-5-10(2)14(17)16-15(3,4)11-6-7-12-13(8-11)19-9-18-12/h6-8,10H,5,9H2,1-4H3,(H,16,17)/t10-/m1/s1. The lowest BCUT2D eigenvalue weighted by Gasteiger charge is -2.28. The van der Waals surface area contributed by atoms with Crippen LogP contribution < -0.4 is 14.8 Å². The average Bonchev–Trinajstić information content (AvgIpc) is 2.84. The molecule has 2 rings (SSSR count). The molecule has 0 aromatic heterocycles. The molecule has 0 unspecified atom stereocenters. The van der Waals surface area contributed by atoms with E-state index in [2.05, 4.69) is 5.32 Å². The molecular formula is C15H21NO3. The van der Waals surface area contributed by atoms with Crippen molar-refractivity contribution in [3.8, 4) is 11.5 Å². The first kappa shape index (κ1) is 13.7. The number of ether oxygens (including phenoxy) is 2. The Morgan fingerprint density at radius 1 is 1.37 bits per heavy atom. The summed E-state index contributed by atoms with van der Waals surface area (Å²) in [6.07, 6.45) is 0.836. The maximum Gasteiger partial charge on any atom is 0.231 e. The Hall–Kier alpha value is -1.71. The number of carbonyl (C=O) groups excluding carboxylic acids is 1. The van der Waals surface area contributed by atoms with Crippen LogP contribution >= 0.6 is 0 Å². The zero-order valence-electron chi connectivity index (χ0n) is 11.9. The van der Waals surface area contributed by atoms with Gasteiger partial charge in [-0.2, -0.15) is 0 Å². The molecule has 1 aliphatic heterocycles. The first-order valence-corrected chi connectivity index (χ1v) is 6.66. The van der Waals surface area contributed by atoms with Gasteiger partial charge in [0.2, 0.25) is 12.7 Å². The van der Waals surface area contributed by atoms with Crippen LogP contribution in [0, 0.1) is 5.92 Å². The van der Waals surface area contributed by atoms with E-state index in [9.17, 15) is 4.79 Å². The molecule has 104 valence electrons. The largest absolute Gasteiger partial charge is 0.454 e. The quantitative estimate of drug-likeness (QED) is 0.908. The van der Waals surface area contributed by atoms with Crippen molar-refractivity contribution < 1.29 is 14.3 Å². The minimum absolute atomic E-state index is 0.0216. The summed E-state index contributed by atoms with van der Waals surface area (Å²) in [4.78, 5) is 12.0. The molecule has 1 aliphatic rings. The lowest BCUT2D eigenvalue weighted by atomic mass is 9.92. The molecule has 1 N–H and O–H groups in total. The lowest BCUT2D eigenvalue weighted by molar-refractivity contribution is -0.126. The Balaban J connectivity index is 2.17. The van der Waals surface area contributed by atoms with Crippen molar-refractivity contribution in [2.75, 3.05) is 6.79 Å². The number of rotatable bonds is 4. The van der Waals surface area contributed by atoms with Crippen LogP contribution in [0.4, 0.5) is 0 Å². The van der Waals surface area contributed by atoms with Crippen LogP contribution in [0.5, 0.6) is 11.5 Å². The summed E-state index contributed by atoms with van der Waals surface area (Å²) >= 11 is 0. The maximum absolute atomic E-state index is 12.0. The molecule has 1 atom stereocenters. The molecule has 0 saturated carbocycles. The third kappa shape index (κ3) is 2.83. The van der Waals surface area contributed by atoms with E-state index in [1.807, 2.05) is 45.9 Å². The van der Waals surface area contributed by atoms with Crippen molar-refractivity contribution in [2.45, 2.75) is 39.7 Å². The molecule has 1 aromatic carbocycles. The summed E-state index contributed by atoms with van der Waals surface area (Å²) < 4.78 is 10.7. The number of nitrogens with one attached hydrogen (secondary N) is 1. The lowest BCUT2D eigenvalue weighted by Crippen LogP contribution is -2.43. The normalized spacial score (nSPS) is 15.2. The Bertz CT molecular complexity index is 482. The zero-order valence-corrected chi connectivity index (χ0v) is 11.9. The highest BCUT2D eigenvalue weighted by molar-refractivity contribution is 5.79. The van der Waals surface area contributed by atoms with Gasteiger partial charge in [-0.15, -0.1) is 0 Å². The van der Waals surface area contributed by atoms with Gasteiger partial charge in [-0.25, -0.2) is 0 Å². The molecule has 1 aromatic rings. The van der Waals surface area contributed by atoms with E-state index < -0.39 is 5.54 Å². The molecule has 0 aliphatic carbocycles. The van der Waals surface area contributed by atoms with E-state index in [4.69, 9.17) is 9.47 Å². The van der Waals surface area contributed by atoms with Crippen LogP contribution in [0.2, 0.25) is 0 Å². The fraction of sp³-hybridized carbons (Fsp3) is 0.533. The van der Waals surface area contributed by atoms with Crippen LogP contribution in [-0.2, 0) is 10.3 Å². The van der Waals surface area contributed by atoms with Crippen molar-refractivity contribution in [1.82, 2.24) is 5.32 Å². The second-order valence-corrected chi connectivity index (χ2v) is 5.49. The first-order valence-electron chi connectivity index (χ1n) is 6.66. The molecule has 0 saturated heterocycles. The molecule has 0 bridgehead atoms. The summed E-state index contributed by atoms with van der Waals surface area (Å²) in [6.45, 7) is 8.19. The van der Waals surface area contributed by atoms with E-state index in [0.717, 1.165) is 23.5 Å². The van der Waals surface area contributed by atoms with E-state index in [-0.39, 0.29) is 18.6 Å². The summed E-state index contributed by atoms with van der Waals surface area (Å²) in [5.74, 6) is 1.59. The Morgan fingerprint density at radius 3 is 2.74 bits per heavy atom. The number of amides is 1. The van der Waals surface area contributed by atoms with Crippen LogP contribution in [0.25, 0.3) is 0 Å². The predicted octanol–water partition coefficient (Wildman–Crippen LogP) is 2.81. The molecule has 4 heteroatoms. The van der Waals surface area contributed by atoms with Crippen molar-refractivity contribution in [1.29, 1.82) is 0 Å². The van der Waals surface area contributed by atoms with E-state index in [1.54, 1.807) is 0 Å². The van der Waals surface area contributed by atoms with Crippen LogP contribution in [-0.4, -0.2) is 12.7 Å². The summed E-state index contributed by atoms with van der Waals surface area (Å²) in [7, 11) is 0. The van der Waals surface area contributed by atoms with Gasteiger partial charge < -0.3 is 14.8 Å². The minimum atomic E-state index is -0.429. The van der Waals surface area contributed by atoms with E-state index >= 15 is 0 Å². The molecule has 1 heterocycles. The SMILES string of the molecule is CC[C@@H](C)C(=O)NC(C)(C)c1ccc2c(c1)OCO2. The third-order valence-electron chi connectivity index (χ3n) is 3.59. The molecule has 0 fully saturated rings. The van der Waals surface area contributed by atoms with Gasteiger partial charge in [0.25, 0.3) is 0 Å². The van der Waals surface area contributed by atoms with Gasteiger partial charge in [0.1, 0.15) is 0 Å². The van der Waals surface area contributed by atoms with Gasteiger partial charge in [-0.05, 0) is 38.0 Å². The number of fused-ring (bicyclic) bond motifs is 1. The summed E-state index contributed by atoms with van der Waals surface area (Å²) in [5.41, 5.74) is 0.579. The average molecular weight is 263 g/mol. The number of hydrogen-bond donors (Lipinski definition) is 1. The van der Waals surface area contributed by atoms with E-state index in [0.29, 0.717) is 0 Å². The van der Waals surface area contributed by atoms with Gasteiger partial charge in [-0.1, -0.05) is 19.9 Å². The van der Waals surface area contributed by atoms with Crippen LogP contribution in [0.1, 0.15) is 39.7 Å². The number of hydrogen-bond acceptors (Lipinski definition) is 3. The first-order chi connectivity index (χ1) is 8.94. The Kier molecular flexibility index (Phi) is 3.69. The highest BCUT2D eigenvalue weighted by Crippen LogP contribution is 2.35. The topological polar surface area (TPSA) is 47.6 Å². The smallest absolute Gasteiger partial charge is 0.231 e. The van der Waals surface area contributed by atoms with Crippen LogP contribution in [0.15, 0.2) is 18.2 Å². The molecule has 0 radical (unpaired) electrons. The predicted molar refractivity (Wildman–Crippen MR) is 73.2 cm³/mol.